The predicted molar refractivity (Wildman–Crippen MR) is 101 cm³/mol. The first-order chi connectivity index (χ1) is 11.5. The van der Waals surface area contributed by atoms with Crippen molar-refractivity contribution in [3.63, 3.8) is 0 Å². The maximum atomic E-state index is 12.8. The molecule has 0 aliphatic carbocycles. The lowest BCUT2D eigenvalue weighted by molar-refractivity contribution is 0.0607. The van der Waals surface area contributed by atoms with Crippen LogP contribution in [0.5, 0.6) is 0 Å². The van der Waals surface area contributed by atoms with Crippen LogP contribution in [0, 0.1) is 5.41 Å². The summed E-state index contributed by atoms with van der Waals surface area (Å²) in [5, 5.41) is 6.23. The van der Waals surface area contributed by atoms with Crippen molar-refractivity contribution < 1.29 is 9.59 Å². The average Bonchev–Trinajstić information content (AvgIpc) is 3.03. The molecule has 7 heteroatoms. The van der Waals surface area contributed by atoms with Gasteiger partial charge in [0.05, 0.1) is 0 Å². The second kappa shape index (κ2) is 8.06. The Hall–Kier alpha value is -1.79. The first kappa shape index (κ1) is 19.5. The van der Waals surface area contributed by atoms with Crippen LogP contribution in [0.2, 0.25) is 0 Å². The van der Waals surface area contributed by atoms with E-state index in [-0.39, 0.29) is 24.3 Å². The average molecular weight is 367 g/mol. The highest BCUT2D eigenvalue weighted by atomic mass is 35.5. The van der Waals surface area contributed by atoms with E-state index in [0.717, 1.165) is 39.0 Å². The van der Waals surface area contributed by atoms with Gasteiger partial charge in [-0.1, -0.05) is 6.07 Å². The Morgan fingerprint density at radius 3 is 2.52 bits per heavy atom. The van der Waals surface area contributed by atoms with Crippen LogP contribution < -0.4 is 10.6 Å². The number of benzene rings is 1. The molecule has 3 amide bonds. The molecule has 0 atom stereocenters. The standard InChI is InChI=1S/C18H26N4O2.ClH/c1-21(2)17(24)20-15-5-3-4-14(12-15)16(23)22-10-7-18(8-11-22)6-9-19-13-18;/h3-5,12,19H,6-11,13H2,1-2H3,(H,20,24);1H. The first-order valence-electron chi connectivity index (χ1n) is 8.58. The van der Waals surface area contributed by atoms with Gasteiger partial charge in [0.1, 0.15) is 0 Å². The fourth-order valence-electron chi connectivity index (χ4n) is 3.55. The molecule has 3 rings (SSSR count). The largest absolute Gasteiger partial charge is 0.339 e. The molecule has 0 unspecified atom stereocenters. The number of nitrogens with zero attached hydrogens (tertiary/aromatic N) is 2. The smallest absolute Gasteiger partial charge is 0.321 e. The Bertz CT molecular complexity index is 619. The molecule has 2 aliphatic rings. The summed E-state index contributed by atoms with van der Waals surface area (Å²) in [6.07, 6.45) is 3.37. The highest BCUT2D eigenvalue weighted by Gasteiger charge is 2.38. The molecule has 0 radical (unpaired) electrons. The maximum absolute atomic E-state index is 12.8. The fraction of sp³-hybridized carbons (Fsp3) is 0.556. The maximum Gasteiger partial charge on any atom is 0.321 e. The Morgan fingerprint density at radius 2 is 1.92 bits per heavy atom. The van der Waals surface area contributed by atoms with Crippen molar-refractivity contribution in [3.05, 3.63) is 29.8 Å². The van der Waals surface area contributed by atoms with Gasteiger partial charge in [-0.15, -0.1) is 12.4 Å². The molecular formula is C18H27ClN4O2. The summed E-state index contributed by atoms with van der Waals surface area (Å²) in [5.74, 6) is 0.0526. The summed E-state index contributed by atoms with van der Waals surface area (Å²) in [6, 6.07) is 6.98. The van der Waals surface area contributed by atoms with Crippen LogP contribution >= 0.6 is 12.4 Å². The number of carbonyl (C=O) groups excluding carboxylic acids is 2. The molecule has 0 aromatic heterocycles. The van der Waals surface area contributed by atoms with Crippen LogP contribution in [0.1, 0.15) is 29.6 Å². The topological polar surface area (TPSA) is 64.7 Å². The zero-order valence-corrected chi connectivity index (χ0v) is 15.7. The Morgan fingerprint density at radius 1 is 1.20 bits per heavy atom. The van der Waals surface area contributed by atoms with Crippen LogP contribution in [0.15, 0.2) is 24.3 Å². The van der Waals surface area contributed by atoms with E-state index >= 15 is 0 Å². The summed E-state index contributed by atoms with van der Waals surface area (Å²) >= 11 is 0. The van der Waals surface area contributed by atoms with Crippen molar-refractivity contribution in [2.24, 2.45) is 5.41 Å². The van der Waals surface area contributed by atoms with Crippen LogP contribution in [-0.4, -0.2) is 62.0 Å². The molecule has 0 saturated carbocycles. The quantitative estimate of drug-likeness (QED) is 0.844. The van der Waals surface area contributed by atoms with E-state index in [1.54, 1.807) is 26.2 Å². The van der Waals surface area contributed by atoms with E-state index in [0.29, 0.717) is 16.7 Å². The van der Waals surface area contributed by atoms with Gasteiger partial charge in [-0.05, 0) is 49.4 Å². The van der Waals surface area contributed by atoms with Crippen LogP contribution in [0.4, 0.5) is 10.5 Å². The Kier molecular flexibility index (Phi) is 6.30. The molecule has 2 fully saturated rings. The summed E-state index contributed by atoms with van der Waals surface area (Å²) < 4.78 is 0. The van der Waals surface area contributed by atoms with E-state index in [1.807, 2.05) is 17.0 Å². The summed E-state index contributed by atoms with van der Waals surface area (Å²) in [4.78, 5) is 27.9. The molecule has 1 spiro atoms. The SMILES string of the molecule is CN(C)C(=O)Nc1cccc(C(=O)N2CCC3(CCNC3)CC2)c1.Cl. The number of hydrogen-bond acceptors (Lipinski definition) is 3. The lowest BCUT2D eigenvalue weighted by atomic mass is 9.78. The molecule has 0 bridgehead atoms. The van der Waals surface area contributed by atoms with Gasteiger partial charge in [-0.3, -0.25) is 4.79 Å². The van der Waals surface area contributed by atoms with E-state index in [2.05, 4.69) is 10.6 Å². The van der Waals surface area contributed by atoms with Gasteiger partial charge in [0.15, 0.2) is 0 Å². The molecule has 25 heavy (non-hydrogen) atoms. The number of likely N-dealkylation sites (tertiary alicyclic amines) is 1. The fourth-order valence-corrected chi connectivity index (χ4v) is 3.55. The highest BCUT2D eigenvalue weighted by molar-refractivity contribution is 5.96. The van der Waals surface area contributed by atoms with E-state index in [9.17, 15) is 9.59 Å². The summed E-state index contributed by atoms with van der Waals surface area (Å²) in [6.45, 7) is 3.81. The number of carbonyl (C=O) groups is 2. The van der Waals surface area contributed by atoms with E-state index in [4.69, 9.17) is 0 Å². The second-order valence-corrected chi connectivity index (χ2v) is 7.12. The number of piperidine rings is 1. The number of urea groups is 1. The first-order valence-corrected chi connectivity index (χ1v) is 8.58. The molecule has 2 N–H and O–H groups in total. The Balaban J connectivity index is 0.00000225. The number of nitrogens with one attached hydrogen (secondary N) is 2. The van der Waals surface area contributed by atoms with Crippen molar-refractivity contribution in [3.8, 4) is 0 Å². The van der Waals surface area contributed by atoms with Gasteiger partial charge in [0, 0.05) is 45.0 Å². The minimum atomic E-state index is -0.201. The van der Waals surface area contributed by atoms with Crippen molar-refractivity contribution in [1.82, 2.24) is 15.1 Å². The number of rotatable bonds is 2. The lowest BCUT2D eigenvalue weighted by Gasteiger charge is -2.39. The van der Waals surface area contributed by atoms with Gasteiger partial charge in [-0.25, -0.2) is 4.79 Å². The Labute approximate surface area is 155 Å². The molecule has 6 nitrogen and oxygen atoms in total. The van der Waals surface area contributed by atoms with Crippen molar-refractivity contribution in [1.29, 1.82) is 0 Å². The van der Waals surface area contributed by atoms with Crippen molar-refractivity contribution in [2.75, 3.05) is 45.6 Å². The molecule has 2 saturated heterocycles. The third-order valence-corrected chi connectivity index (χ3v) is 5.21. The zero-order chi connectivity index (χ0) is 17.2. The van der Waals surface area contributed by atoms with E-state index < -0.39 is 0 Å². The highest BCUT2D eigenvalue weighted by Crippen LogP contribution is 2.37. The summed E-state index contributed by atoms with van der Waals surface area (Å²) in [5.41, 5.74) is 1.68. The molecule has 2 aliphatic heterocycles. The molecule has 1 aromatic carbocycles. The molecular weight excluding hydrogens is 340 g/mol. The van der Waals surface area contributed by atoms with Crippen LogP contribution in [0.25, 0.3) is 0 Å². The third-order valence-electron chi connectivity index (χ3n) is 5.21. The monoisotopic (exact) mass is 366 g/mol. The van der Waals surface area contributed by atoms with Gasteiger partial charge in [0.25, 0.3) is 5.91 Å². The number of anilines is 1. The van der Waals surface area contributed by atoms with Gasteiger partial charge >= 0.3 is 6.03 Å². The lowest BCUT2D eigenvalue weighted by Crippen LogP contribution is -2.44. The third kappa shape index (κ3) is 4.44. The van der Waals surface area contributed by atoms with Gasteiger partial charge in [0.2, 0.25) is 0 Å². The van der Waals surface area contributed by atoms with E-state index in [1.165, 1.54) is 11.3 Å². The van der Waals surface area contributed by atoms with Crippen molar-refractivity contribution in [2.45, 2.75) is 19.3 Å². The molecule has 2 heterocycles. The predicted octanol–water partition coefficient (Wildman–Crippen LogP) is 2.42. The van der Waals surface area contributed by atoms with Gasteiger partial charge < -0.3 is 20.4 Å². The molecule has 1 aromatic rings. The second-order valence-electron chi connectivity index (χ2n) is 7.12. The molecule has 138 valence electrons. The minimum absolute atomic E-state index is 0. The van der Waals surface area contributed by atoms with Crippen molar-refractivity contribution >= 4 is 30.0 Å². The van der Waals surface area contributed by atoms with Crippen LogP contribution in [0.3, 0.4) is 0 Å². The summed E-state index contributed by atoms with van der Waals surface area (Å²) in [7, 11) is 3.37. The number of halogens is 1. The number of hydrogen-bond donors (Lipinski definition) is 2. The van der Waals surface area contributed by atoms with Gasteiger partial charge in [-0.2, -0.15) is 0 Å². The number of amides is 3. The minimum Gasteiger partial charge on any atom is -0.339 e. The normalized spacial score (nSPS) is 18.6. The zero-order valence-electron chi connectivity index (χ0n) is 14.9. The van der Waals surface area contributed by atoms with Crippen LogP contribution in [-0.2, 0) is 0 Å².